The highest BCUT2D eigenvalue weighted by Gasteiger charge is 2.21. The molecule has 1 aromatic rings. The van der Waals surface area contributed by atoms with Crippen molar-refractivity contribution in [3.63, 3.8) is 0 Å². The molecular formula is C15H21NO3. The lowest BCUT2D eigenvalue weighted by molar-refractivity contribution is -0.137. The highest BCUT2D eigenvalue weighted by Crippen LogP contribution is 2.19. The fraction of sp³-hybridized carbons (Fsp3) is 0.467. The molecule has 0 aliphatic rings. The number of rotatable bonds is 7. The van der Waals surface area contributed by atoms with E-state index in [-0.39, 0.29) is 12.2 Å². The van der Waals surface area contributed by atoms with Crippen molar-refractivity contribution in [3.05, 3.63) is 35.4 Å². The van der Waals surface area contributed by atoms with E-state index in [2.05, 4.69) is 19.2 Å². The second-order valence-electron chi connectivity index (χ2n) is 4.73. The highest BCUT2D eigenvalue weighted by atomic mass is 16.4. The molecule has 0 aliphatic carbocycles. The Labute approximate surface area is 113 Å². The smallest absolute Gasteiger partial charge is 0.305 e. The summed E-state index contributed by atoms with van der Waals surface area (Å²) in [6.45, 7) is 4.26. The second kappa shape index (κ2) is 7.04. The van der Waals surface area contributed by atoms with Crippen LogP contribution >= 0.6 is 0 Å². The van der Waals surface area contributed by atoms with Gasteiger partial charge in [-0.05, 0) is 24.9 Å². The van der Waals surface area contributed by atoms with Crippen LogP contribution in [0.3, 0.4) is 0 Å². The van der Waals surface area contributed by atoms with Crippen LogP contribution in [0.25, 0.3) is 0 Å². The molecule has 4 nitrogen and oxygen atoms in total. The van der Waals surface area contributed by atoms with Gasteiger partial charge < -0.3 is 10.4 Å². The second-order valence-corrected chi connectivity index (χ2v) is 4.73. The largest absolute Gasteiger partial charge is 0.481 e. The zero-order valence-electron chi connectivity index (χ0n) is 11.6. The molecule has 0 aliphatic heterocycles. The minimum absolute atomic E-state index is 0.180. The third-order valence-electron chi connectivity index (χ3n) is 3.42. The first-order chi connectivity index (χ1) is 8.99. The van der Waals surface area contributed by atoms with Crippen LogP contribution in [0.15, 0.2) is 24.3 Å². The van der Waals surface area contributed by atoms with Crippen LogP contribution in [0.5, 0.6) is 0 Å². The van der Waals surface area contributed by atoms with Gasteiger partial charge in [0.2, 0.25) is 0 Å². The maximum absolute atomic E-state index is 12.1. The van der Waals surface area contributed by atoms with E-state index in [1.165, 1.54) is 5.56 Å². The third-order valence-corrected chi connectivity index (χ3v) is 3.42. The molecule has 0 heterocycles. The van der Waals surface area contributed by atoms with Crippen LogP contribution in [0.1, 0.15) is 48.5 Å². The molecule has 4 heteroatoms. The fourth-order valence-corrected chi connectivity index (χ4v) is 1.91. The van der Waals surface area contributed by atoms with Gasteiger partial charge >= 0.3 is 5.97 Å². The van der Waals surface area contributed by atoms with Crippen molar-refractivity contribution in [2.45, 2.75) is 38.6 Å². The monoisotopic (exact) mass is 263 g/mol. The van der Waals surface area contributed by atoms with Crippen LogP contribution in [0.2, 0.25) is 0 Å². The minimum Gasteiger partial charge on any atom is -0.481 e. The molecule has 104 valence electrons. The topological polar surface area (TPSA) is 66.4 Å². The molecule has 0 spiro atoms. The Morgan fingerprint density at radius 3 is 2.26 bits per heavy atom. The number of nitrogens with one attached hydrogen (secondary N) is 1. The maximum Gasteiger partial charge on any atom is 0.305 e. The van der Waals surface area contributed by atoms with Gasteiger partial charge in [-0.25, -0.2) is 0 Å². The van der Waals surface area contributed by atoms with E-state index in [1.54, 1.807) is 19.2 Å². The lowest BCUT2D eigenvalue weighted by Crippen LogP contribution is -2.36. The standard InChI is InChI=1S/C15H21NO3/c1-4-10(2)11-5-7-12(8-6-11)15(19)13(16-3)9-14(17)18/h5-8,10,13,16H,4,9H2,1-3H3,(H,17,18). The van der Waals surface area contributed by atoms with Crippen LogP contribution in [0, 0.1) is 0 Å². The summed E-state index contributed by atoms with van der Waals surface area (Å²) in [5.74, 6) is -0.701. The number of carboxylic acids is 1. The van der Waals surface area contributed by atoms with Gasteiger partial charge in [-0.2, -0.15) is 0 Å². The van der Waals surface area contributed by atoms with Crippen molar-refractivity contribution < 1.29 is 14.7 Å². The molecule has 0 saturated carbocycles. The molecule has 0 amide bonds. The number of carboxylic acid groups (broad SMARTS) is 1. The summed E-state index contributed by atoms with van der Waals surface area (Å²) >= 11 is 0. The first kappa shape index (κ1) is 15.4. The van der Waals surface area contributed by atoms with Crippen LogP contribution in [-0.2, 0) is 4.79 Å². The highest BCUT2D eigenvalue weighted by molar-refractivity contribution is 6.01. The fourth-order valence-electron chi connectivity index (χ4n) is 1.91. The lowest BCUT2D eigenvalue weighted by atomic mass is 9.95. The molecule has 0 saturated heterocycles. The quantitative estimate of drug-likeness (QED) is 0.741. The molecular weight excluding hydrogens is 242 g/mol. The van der Waals surface area contributed by atoms with Gasteiger partial charge in [0.1, 0.15) is 0 Å². The summed E-state index contributed by atoms with van der Waals surface area (Å²) in [7, 11) is 1.60. The van der Waals surface area contributed by atoms with Gasteiger partial charge in [0.15, 0.2) is 5.78 Å². The van der Waals surface area contributed by atoms with Crippen molar-refractivity contribution in [2.75, 3.05) is 7.05 Å². The Morgan fingerprint density at radius 1 is 1.26 bits per heavy atom. The molecule has 2 N–H and O–H groups in total. The zero-order chi connectivity index (χ0) is 14.4. The number of Topliss-reactive ketones (excluding diaryl/α,β-unsaturated/α-hetero) is 1. The first-order valence-corrected chi connectivity index (χ1v) is 6.52. The number of aliphatic carboxylic acids is 1. The predicted molar refractivity (Wildman–Crippen MR) is 74.6 cm³/mol. The van der Waals surface area contributed by atoms with Gasteiger partial charge in [0.25, 0.3) is 0 Å². The minimum atomic E-state index is -0.982. The van der Waals surface area contributed by atoms with E-state index in [0.717, 1.165) is 6.42 Å². The average molecular weight is 263 g/mol. The summed E-state index contributed by atoms with van der Waals surface area (Å²) in [4.78, 5) is 22.8. The Bertz CT molecular complexity index is 439. The molecule has 0 aromatic heterocycles. The van der Waals surface area contributed by atoms with Crippen molar-refractivity contribution in [2.24, 2.45) is 0 Å². The van der Waals surface area contributed by atoms with E-state index in [4.69, 9.17) is 5.11 Å². The van der Waals surface area contributed by atoms with Crippen LogP contribution in [0.4, 0.5) is 0 Å². The van der Waals surface area contributed by atoms with E-state index >= 15 is 0 Å². The number of hydrogen-bond acceptors (Lipinski definition) is 3. The molecule has 0 bridgehead atoms. The summed E-state index contributed by atoms with van der Waals surface area (Å²) in [6, 6.07) is 6.75. The molecule has 2 atom stereocenters. The summed E-state index contributed by atoms with van der Waals surface area (Å²) in [6.07, 6.45) is 0.841. The summed E-state index contributed by atoms with van der Waals surface area (Å²) in [5, 5.41) is 11.5. The first-order valence-electron chi connectivity index (χ1n) is 6.52. The average Bonchev–Trinajstić information content (AvgIpc) is 2.43. The number of ketones is 1. The zero-order valence-corrected chi connectivity index (χ0v) is 11.6. The molecule has 0 fully saturated rings. The molecule has 0 radical (unpaired) electrons. The third kappa shape index (κ3) is 4.17. The Morgan fingerprint density at radius 2 is 1.84 bits per heavy atom. The van der Waals surface area contributed by atoms with E-state index in [0.29, 0.717) is 11.5 Å². The number of likely N-dealkylation sites (N-methyl/N-ethyl adjacent to an activating group) is 1. The van der Waals surface area contributed by atoms with Crippen molar-refractivity contribution in [1.29, 1.82) is 0 Å². The number of benzene rings is 1. The number of carbonyl (C=O) groups excluding carboxylic acids is 1. The van der Waals surface area contributed by atoms with Gasteiger partial charge in [-0.3, -0.25) is 9.59 Å². The van der Waals surface area contributed by atoms with Gasteiger partial charge in [-0.1, -0.05) is 38.1 Å². The number of carbonyl (C=O) groups is 2. The number of hydrogen-bond donors (Lipinski definition) is 2. The molecule has 19 heavy (non-hydrogen) atoms. The molecule has 2 unspecified atom stereocenters. The Balaban J connectivity index is 2.84. The summed E-state index contributed by atoms with van der Waals surface area (Å²) in [5.41, 5.74) is 1.74. The molecule has 1 rings (SSSR count). The lowest BCUT2D eigenvalue weighted by Gasteiger charge is -2.14. The Kier molecular flexibility index (Phi) is 5.70. The van der Waals surface area contributed by atoms with E-state index < -0.39 is 12.0 Å². The van der Waals surface area contributed by atoms with Crippen molar-refractivity contribution in [3.8, 4) is 0 Å². The summed E-state index contributed by atoms with van der Waals surface area (Å²) < 4.78 is 0. The van der Waals surface area contributed by atoms with Gasteiger partial charge in [-0.15, -0.1) is 0 Å². The SMILES string of the molecule is CCC(C)c1ccc(C(=O)C(CC(=O)O)NC)cc1. The van der Waals surface area contributed by atoms with Gasteiger partial charge in [0, 0.05) is 5.56 Å². The van der Waals surface area contributed by atoms with Gasteiger partial charge in [0.05, 0.1) is 12.5 Å². The van der Waals surface area contributed by atoms with Crippen molar-refractivity contribution in [1.82, 2.24) is 5.32 Å². The molecule has 1 aromatic carbocycles. The van der Waals surface area contributed by atoms with Crippen LogP contribution in [-0.4, -0.2) is 29.9 Å². The van der Waals surface area contributed by atoms with Crippen LogP contribution < -0.4 is 5.32 Å². The van der Waals surface area contributed by atoms with E-state index in [9.17, 15) is 9.59 Å². The normalized spacial score (nSPS) is 13.8. The Hall–Kier alpha value is -1.68. The predicted octanol–water partition coefficient (Wildman–Crippen LogP) is 2.45. The van der Waals surface area contributed by atoms with E-state index in [1.807, 2.05) is 12.1 Å². The van der Waals surface area contributed by atoms with Crippen molar-refractivity contribution >= 4 is 11.8 Å². The maximum atomic E-state index is 12.1.